The lowest BCUT2D eigenvalue weighted by Crippen LogP contribution is -2.29. The third kappa shape index (κ3) is 4.20. The van der Waals surface area contributed by atoms with Gasteiger partial charge in [0.15, 0.2) is 0 Å². The number of ether oxygens (including phenoxy) is 1. The van der Waals surface area contributed by atoms with Crippen LogP contribution < -0.4 is 5.32 Å². The van der Waals surface area contributed by atoms with E-state index < -0.39 is 16.9 Å². The number of nitrogens with zero attached hydrogens (tertiary/aromatic N) is 1. The molecule has 0 spiro atoms. The molecular formula is C13H18N2O5. The van der Waals surface area contributed by atoms with E-state index in [1.807, 2.05) is 0 Å². The number of methoxy groups -OCH3 is 1. The number of carboxylic acids is 1. The van der Waals surface area contributed by atoms with Crippen LogP contribution in [0.1, 0.15) is 18.4 Å². The fourth-order valence-corrected chi connectivity index (χ4v) is 1.89. The Morgan fingerprint density at radius 3 is 2.80 bits per heavy atom. The summed E-state index contributed by atoms with van der Waals surface area (Å²) in [6.07, 6.45) is 0.883. The van der Waals surface area contributed by atoms with Crippen molar-refractivity contribution < 1.29 is 19.6 Å². The van der Waals surface area contributed by atoms with Gasteiger partial charge in [0, 0.05) is 19.3 Å². The molecule has 1 atom stereocenters. The normalized spacial score (nSPS) is 11.9. The number of para-hydroxylation sites is 1. The van der Waals surface area contributed by atoms with E-state index in [1.54, 1.807) is 19.1 Å². The summed E-state index contributed by atoms with van der Waals surface area (Å²) in [6.45, 7) is 2.06. The predicted molar refractivity (Wildman–Crippen MR) is 74.0 cm³/mol. The second kappa shape index (κ2) is 7.44. The molecule has 0 amide bonds. The summed E-state index contributed by atoms with van der Waals surface area (Å²) < 4.78 is 4.87. The Labute approximate surface area is 116 Å². The topological polar surface area (TPSA) is 102 Å². The van der Waals surface area contributed by atoms with E-state index in [4.69, 9.17) is 9.84 Å². The molecule has 0 bridgehead atoms. The molecule has 0 aromatic heterocycles. The van der Waals surface area contributed by atoms with Gasteiger partial charge in [0.25, 0.3) is 5.69 Å². The number of aryl methyl sites for hydroxylation is 1. The van der Waals surface area contributed by atoms with Crippen LogP contribution in [0.25, 0.3) is 0 Å². The van der Waals surface area contributed by atoms with Crippen molar-refractivity contribution in [1.82, 2.24) is 0 Å². The van der Waals surface area contributed by atoms with Crippen LogP contribution in [0.5, 0.6) is 0 Å². The number of benzene rings is 1. The third-order valence-corrected chi connectivity index (χ3v) is 2.89. The van der Waals surface area contributed by atoms with Crippen molar-refractivity contribution in [2.75, 3.05) is 19.0 Å². The summed E-state index contributed by atoms with van der Waals surface area (Å²) in [5, 5.41) is 22.9. The second-order valence-electron chi connectivity index (χ2n) is 4.40. The molecular weight excluding hydrogens is 264 g/mol. The lowest BCUT2D eigenvalue weighted by atomic mass is 10.1. The lowest BCUT2D eigenvalue weighted by Gasteiger charge is -2.16. The van der Waals surface area contributed by atoms with Crippen molar-refractivity contribution in [1.29, 1.82) is 0 Å². The molecule has 1 unspecified atom stereocenters. The maximum atomic E-state index is 11.2. The van der Waals surface area contributed by atoms with Crippen LogP contribution in [0.4, 0.5) is 11.4 Å². The van der Waals surface area contributed by atoms with Crippen molar-refractivity contribution in [3.63, 3.8) is 0 Å². The summed E-state index contributed by atoms with van der Waals surface area (Å²) >= 11 is 0. The fourth-order valence-electron chi connectivity index (χ4n) is 1.89. The van der Waals surface area contributed by atoms with Gasteiger partial charge >= 0.3 is 5.97 Å². The standard InChI is InChI=1S/C13H18N2O5/c1-9-5-3-6-10(12(9)15(18)19)14-11(13(16)17)7-4-8-20-2/h3,5-6,11,14H,4,7-8H2,1-2H3,(H,16,17). The molecule has 110 valence electrons. The summed E-state index contributed by atoms with van der Waals surface area (Å²) in [5.41, 5.74) is 0.617. The molecule has 0 aliphatic rings. The highest BCUT2D eigenvalue weighted by molar-refractivity contribution is 5.79. The molecule has 0 saturated heterocycles. The van der Waals surface area contributed by atoms with E-state index >= 15 is 0 Å². The van der Waals surface area contributed by atoms with Crippen LogP contribution in [0.2, 0.25) is 0 Å². The number of carbonyl (C=O) groups is 1. The van der Waals surface area contributed by atoms with E-state index in [9.17, 15) is 14.9 Å². The minimum Gasteiger partial charge on any atom is -0.480 e. The first-order valence-electron chi connectivity index (χ1n) is 6.19. The van der Waals surface area contributed by atoms with Gasteiger partial charge in [-0.3, -0.25) is 10.1 Å². The molecule has 0 saturated carbocycles. The average Bonchev–Trinajstić information content (AvgIpc) is 2.37. The van der Waals surface area contributed by atoms with Gasteiger partial charge in [-0.2, -0.15) is 0 Å². The fraction of sp³-hybridized carbons (Fsp3) is 0.462. The molecule has 0 radical (unpaired) electrons. The van der Waals surface area contributed by atoms with Crippen molar-refractivity contribution in [2.45, 2.75) is 25.8 Å². The van der Waals surface area contributed by atoms with Crippen LogP contribution in [0, 0.1) is 17.0 Å². The highest BCUT2D eigenvalue weighted by Crippen LogP contribution is 2.28. The number of hydrogen-bond donors (Lipinski definition) is 2. The number of hydrogen-bond acceptors (Lipinski definition) is 5. The zero-order valence-electron chi connectivity index (χ0n) is 11.5. The molecule has 1 rings (SSSR count). The summed E-state index contributed by atoms with van der Waals surface area (Å²) in [6, 6.07) is 3.89. The molecule has 20 heavy (non-hydrogen) atoms. The Kier molecular flexibility index (Phi) is 5.92. The third-order valence-electron chi connectivity index (χ3n) is 2.89. The van der Waals surface area contributed by atoms with Gasteiger partial charge in [-0.25, -0.2) is 4.79 Å². The van der Waals surface area contributed by atoms with E-state index in [-0.39, 0.29) is 11.4 Å². The zero-order chi connectivity index (χ0) is 15.1. The number of carboxylic acid groups (broad SMARTS) is 1. The van der Waals surface area contributed by atoms with Crippen molar-refractivity contribution in [2.24, 2.45) is 0 Å². The van der Waals surface area contributed by atoms with E-state index in [2.05, 4.69) is 5.32 Å². The predicted octanol–water partition coefficient (Wildman–Crippen LogP) is 2.19. The van der Waals surface area contributed by atoms with Gasteiger partial charge < -0.3 is 15.2 Å². The second-order valence-corrected chi connectivity index (χ2v) is 4.40. The van der Waals surface area contributed by atoms with Crippen LogP contribution in [-0.2, 0) is 9.53 Å². The minimum absolute atomic E-state index is 0.0921. The quantitative estimate of drug-likeness (QED) is 0.430. The Balaban J connectivity index is 2.91. The Bertz CT molecular complexity index is 490. The van der Waals surface area contributed by atoms with Gasteiger partial charge in [-0.15, -0.1) is 0 Å². The number of nitro benzene ring substituents is 1. The Morgan fingerprint density at radius 1 is 1.55 bits per heavy atom. The molecule has 7 nitrogen and oxygen atoms in total. The first-order valence-corrected chi connectivity index (χ1v) is 6.19. The maximum Gasteiger partial charge on any atom is 0.326 e. The molecule has 0 heterocycles. The van der Waals surface area contributed by atoms with Gasteiger partial charge in [0.2, 0.25) is 0 Å². The molecule has 1 aromatic rings. The number of anilines is 1. The van der Waals surface area contributed by atoms with Crippen molar-refractivity contribution in [3.8, 4) is 0 Å². The summed E-state index contributed by atoms with van der Waals surface area (Å²) in [7, 11) is 1.54. The smallest absolute Gasteiger partial charge is 0.326 e. The number of aliphatic carboxylic acids is 1. The minimum atomic E-state index is -1.04. The first-order chi connectivity index (χ1) is 9.47. The van der Waals surface area contributed by atoms with Crippen LogP contribution in [-0.4, -0.2) is 35.8 Å². The first kappa shape index (κ1) is 15.9. The van der Waals surface area contributed by atoms with E-state index in [0.717, 1.165) is 0 Å². The average molecular weight is 282 g/mol. The van der Waals surface area contributed by atoms with Crippen LogP contribution in [0.3, 0.4) is 0 Å². The number of nitrogens with one attached hydrogen (secondary N) is 1. The van der Waals surface area contributed by atoms with E-state index in [0.29, 0.717) is 25.0 Å². The van der Waals surface area contributed by atoms with Crippen LogP contribution in [0.15, 0.2) is 18.2 Å². The molecule has 0 aliphatic heterocycles. The molecule has 1 aromatic carbocycles. The Morgan fingerprint density at radius 2 is 2.25 bits per heavy atom. The zero-order valence-corrected chi connectivity index (χ0v) is 11.5. The highest BCUT2D eigenvalue weighted by Gasteiger charge is 2.23. The van der Waals surface area contributed by atoms with Crippen molar-refractivity contribution >= 4 is 17.3 Å². The lowest BCUT2D eigenvalue weighted by molar-refractivity contribution is -0.384. The van der Waals surface area contributed by atoms with Gasteiger partial charge in [0.1, 0.15) is 11.7 Å². The SMILES string of the molecule is COCCCC(Nc1cccc(C)c1[N+](=O)[O-])C(=O)O. The number of rotatable bonds is 8. The summed E-state index contributed by atoms with van der Waals surface area (Å²) in [5.74, 6) is -1.04. The molecule has 0 fully saturated rings. The van der Waals surface area contributed by atoms with Gasteiger partial charge in [-0.05, 0) is 25.8 Å². The molecule has 7 heteroatoms. The maximum absolute atomic E-state index is 11.2. The van der Waals surface area contributed by atoms with Gasteiger partial charge in [0.05, 0.1) is 4.92 Å². The Hall–Kier alpha value is -2.15. The van der Waals surface area contributed by atoms with Gasteiger partial charge in [-0.1, -0.05) is 12.1 Å². The van der Waals surface area contributed by atoms with Crippen molar-refractivity contribution in [3.05, 3.63) is 33.9 Å². The largest absolute Gasteiger partial charge is 0.480 e. The number of nitro groups is 1. The molecule has 0 aliphatic carbocycles. The molecule has 2 N–H and O–H groups in total. The van der Waals surface area contributed by atoms with Crippen LogP contribution >= 0.6 is 0 Å². The highest BCUT2D eigenvalue weighted by atomic mass is 16.6. The summed E-state index contributed by atoms with van der Waals surface area (Å²) in [4.78, 5) is 21.7. The monoisotopic (exact) mass is 282 g/mol. The van der Waals surface area contributed by atoms with E-state index in [1.165, 1.54) is 13.2 Å².